The van der Waals surface area contributed by atoms with Crippen molar-refractivity contribution in [1.82, 2.24) is 39.5 Å². The number of hydrogen-bond acceptors (Lipinski definition) is 11. The Kier molecular flexibility index (Phi) is 8.55. The third-order valence-corrected chi connectivity index (χ3v) is 10.9. The molecule has 3 fully saturated rings. The second-order valence-corrected chi connectivity index (χ2v) is 14.1. The number of fused-ring (bicyclic) bond motifs is 3. The number of nitriles is 1. The van der Waals surface area contributed by atoms with Crippen LogP contribution in [0.1, 0.15) is 30.7 Å². The normalized spacial score (nSPS) is 22.5. The summed E-state index contributed by atoms with van der Waals surface area (Å²) in [5.74, 6) is -2.20. The second kappa shape index (κ2) is 13.2. The Hall–Kier alpha value is -5.14. The molecule has 7 heterocycles. The Morgan fingerprint density at radius 2 is 2.08 bits per heavy atom. The van der Waals surface area contributed by atoms with E-state index in [4.69, 9.17) is 9.72 Å². The highest BCUT2D eigenvalue weighted by molar-refractivity contribution is 7.10. The predicted octanol–water partition coefficient (Wildman–Crippen LogP) is 5.07. The summed E-state index contributed by atoms with van der Waals surface area (Å²) in [6.07, 6.45) is 6.81. The number of halogens is 3. The molecule has 1 unspecified atom stereocenters. The van der Waals surface area contributed by atoms with Crippen LogP contribution in [0.3, 0.4) is 0 Å². The lowest BCUT2D eigenvalue weighted by atomic mass is 9.95. The molecular weight excluding hydrogens is 682 g/mol. The van der Waals surface area contributed by atoms with E-state index in [9.17, 15) is 14.4 Å². The number of nitrogens with zero attached hydrogens (tertiary/aromatic N) is 10. The van der Waals surface area contributed by atoms with Gasteiger partial charge in [0, 0.05) is 74.4 Å². The molecule has 0 saturated carbocycles. The summed E-state index contributed by atoms with van der Waals surface area (Å²) in [4.78, 5) is 36.4. The van der Waals surface area contributed by atoms with Crippen molar-refractivity contribution in [2.24, 2.45) is 7.05 Å². The molecule has 0 radical (unpaired) electrons. The Labute approximate surface area is 294 Å². The fourth-order valence-corrected chi connectivity index (χ4v) is 8.35. The topological polar surface area (TPSA) is 129 Å². The summed E-state index contributed by atoms with van der Waals surface area (Å²) < 4.78 is 54.4. The summed E-state index contributed by atoms with van der Waals surface area (Å²) in [6.45, 7) is 1.63. The summed E-state index contributed by atoms with van der Waals surface area (Å²) in [5, 5.41) is 17.2. The Morgan fingerprint density at radius 3 is 2.90 bits per heavy atom. The highest BCUT2D eigenvalue weighted by Gasteiger charge is 2.49. The van der Waals surface area contributed by atoms with Gasteiger partial charge in [-0.2, -0.15) is 20.3 Å². The number of carbonyl (C=O) groups excluding carboxylic acids is 1. The number of anilines is 1. The van der Waals surface area contributed by atoms with Crippen LogP contribution in [-0.4, -0.2) is 103 Å². The van der Waals surface area contributed by atoms with Gasteiger partial charge in [-0.25, -0.2) is 18.2 Å². The van der Waals surface area contributed by atoms with E-state index in [-0.39, 0.29) is 49.9 Å². The largest absolute Gasteiger partial charge is 0.461 e. The molecule has 0 aliphatic carbocycles. The smallest absolute Gasteiger partial charge is 0.319 e. The first-order chi connectivity index (χ1) is 24.7. The molecule has 51 heavy (non-hydrogen) atoms. The molecule has 3 atom stereocenters. The molecule has 12 nitrogen and oxygen atoms in total. The first-order valence-electron chi connectivity index (χ1n) is 16.7. The van der Waals surface area contributed by atoms with E-state index in [1.807, 2.05) is 17.0 Å². The van der Waals surface area contributed by atoms with Gasteiger partial charge >= 0.3 is 6.01 Å². The zero-order valence-corrected chi connectivity index (χ0v) is 28.5. The van der Waals surface area contributed by atoms with Gasteiger partial charge in [0.05, 0.1) is 41.2 Å². The molecule has 0 spiro atoms. The fourth-order valence-electron chi connectivity index (χ4n) is 7.80. The third kappa shape index (κ3) is 5.93. The van der Waals surface area contributed by atoms with Gasteiger partial charge in [-0.05, 0) is 19.4 Å². The molecule has 1 amide bonds. The zero-order valence-electron chi connectivity index (χ0n) is 27.7. The molecule has 4 aromatic heterocycles. The maximum absolute atomic E-state index is 16.8. The van der Waals surface area contributed by atoms with Crippen molar-refractivity contribution in [3.8, 4) is 23.3 Å². The van der Waals surface area contributed by atoms with Gasteiger partial charge in [0.15, 0.2) is 11.6 Å². The number of rotatable bonds is 8. The van der Waals surface area contributed by atoms with Crippen molar-refractivity contribution in [2.75, 3.05) is 44.2 Å². The van der Waals surface area contributed by atoms with E-state index in [1.165, 1.54) is 28.6 Å². The number of aryl methyl sites for hydroxylation is 1. The minimum Gasteiger partial charge on any atom is -0.461 e. The van der Waals surface area contributed by atoms with Gasteiger partial charge in [-0.1, -0.05) is 18.2 Å². The van der Waals surface area contributed by atoms with Crippen LogP contribution in [0.15, 0.2) is 48.0 Å². The van der Waals surface area contributed by atoms with Crippen molar-refractivity contribution in [3.63, 3.8) is 0 Å². The van der Waals surface area contributed by atoms with Crippen LogP contribution in [-0.2, 0) is 11.8 Å². The number of aromatic nitrogens is 6. The van der Waals surface area contributed by atoms with Gasteiger partial charge in [0.2, 0.25) is 0 Å². The SMILES string of the molecule is Cn1ncc2cccc(-c3ncc4c(N5CCN(C(=O)/C(F)=C/c6nccs6)[C@@H](CC#N)C5)nc(OC[C@@]56CCCN5CC(F)C6)nc4c3F)c21. The van der Waals surface area contributed by atoms with Crippen LogP contribution < -0.4 is 9.64 Å². The van der Waals surface area contributed by atoms with Crippen LogP contribution in [0, 0.1) is 17.1 Å². The highest BCUT2D eigenvalue weighted by Crippen LogP contribution is 2.41. The van der Waals surface area contributed by atoms with E-state index in [2.05, 4.69) is 31.0 Å². The molecule has 3 aliphatic rings. The Bertz CT molecular complexity index is 2210. The summed E-state index contributed by atoms with van der Waals surface area (Å²) in [6, 6.07) is 6.79. The van der Waals surface area contributed by atoms with E-state index >= 15 is 8.78 Å². The molecule has 0 bridgehead atoms. The number of thiazole rings is 1. The van der Waals surface area contributed by atoms with Crippen LogP contribution in [0.4, 0.5) is 19.0 Å². The van der Waals surface area contributed by atoms with Crippen molar-refractivity contribution in [3.05, 3.63) is 58.8 Å². The van der Waals surface area contributed by atoms with E-state index in [1.54, 1.807) is 29.4 Å². The number of piperazine rings is 1. The number of carbonyl (C=O) groups is 1. The number of amides is 1. The number of hydrogen-bond donors (Lipinski definition) is 0. The zero-order chi connectivity index (χ0) is 35.3. The molecule has 3 saturated heterocycles. The number of alkyl halides is 1. The van der Waals surface area contributed by atoms with E-state index in [0.29, 0.717) is 40.3 Å². The van der Waals surface area contributed by atoms with Crippen LogP contribution >= 0.6 is 11.3 Å². The number of benzene rings is 1. The minimum absolute atomic E-state index is 0.0255. The Balaban J connectivity index is 1.17. The van der Waals surface area contributed by atoms with Gasteiger partial charge < -0.3 is 14.5 Å². The van der Waals surface area contributed by atoms with E-state index in [0.717, 1.165) is 30.8 Å². The van der Waals surface area contributed by atoms with Crippen molar-refractivity contribution in [2.45, 2.75) is 43.4 Å². The second-order valence-electron chi connectivity index (χ2n) is 13.2. The lowest BCUT2D eigenvalue weighted by Gasteiger charge is -2.41. The summed E-state index contributed by atoms with van der Waals surface area (Å²) in [7, 11) is 1.77. The average Bonchev–Trinajstić information content (AvgIpc) is 3.93. The summed E-state index contributed by atoms with van der Waals surface area (Å²) in [5.41, 5.74) is 0.790. The lowest BCUT2D eigenvalue weighted by molar-refractivity contribution is -0.131. The third-order valence-electron chi connectivity index (χ3n) is 10.2. The molecular formula is C35H33F3N10O2S. The first-order valence-corrected chi connectivity index (χ1v) is 17.6. The van der Waals surface area contributed by atoms with Gasteiger partial charge in [-0.3, -0.25) is 19.4 Å². The molecule has 5 aromatic rings. The first kappa shape index (κ1) is 33.0. The maximum atomic E-state index is 16.8. The quantitative estimate of drug-likeness (QED) is 0.201. The van der Waals surface area contributed by atoms with Gasteiger partial charge in [0.1, 0.15) is 34.8 Å². The number of pyridine rings is 1. The summed E-state index contributed by atoms with van der Waals surface area (Å²) >= 11 is 1.20. The van der Waals surface area contributed by atoms with Crippen LogP contribution in [0.2, 0.25) is 0 Å². The number of ether oxygens (including phenoxy) is 1. The van der Waals surface area contributed by atoms with Crippen molar-refractivity contribution in [1.29, 1.82) is 5.26 Å². The van der Waals surface area contributed by atoms with Gasteiger partial charge in [0.25, 0.3) is 5.91 Å². The number of para-hydroxylation sites is 1. The van der Waals surface area contributed by atoms with Crippen molar-refractivity contribution >= 4 is 50.9 Å². The molecule has 0 N–H and O–H groups in total. The predicted molar refractivity (Wildman–Crippen MR) is 185 cm³/mol. The minimum atomic E-state index is -0.977. The standard InChI is InChI=1S/C35H33F3N10O2S/c1-45-31-21(16-42-45)4-2-5-24(31)29-28(38)30-25(17-41-29)32(44-34(43-30)50-20-35-7-3-10-47(35)18-22(36)15-35)46-11-12-48(23(19-46)6-8-39)33(49)26(37)14-27-40-9-13-51-27/h2,4-5,9,13-14,16-17,22-23H,3,6-7,10-12,15,18-20H2,1H3/b26-14-/t22?,23-,35-/m0/s1. The highest BCUT2D eigenvalue weighted by atomic mass is 32.1. The molecule has 8 rings (SSSR count). The maximum Gasteiger partial charge on any atom is 0.319 e. The van der Waals surface area contributed by atoms with Crippen LogP contribution in [0.25, 0.3) is 39.1 Å². The van der Waals surface area contributed by atoms with Crippen LogP contribution in [0.5, 0.6) is 6.01 Å². The molecule has 262 valence electrons. The van der Waals surface area contributed by atoms with Gasteiger partial charge in [-0.15, -0.1) is 11.3 Å². The lowest BCUT2D eigenvalue weighted by Crippen LogP contribution is -2.55. The monoisotopic (exact) mass is 714 g/mol. The Morgan fingerprint density at radius 1 is 1.20 bits per heavy atom. The molecule has 16 heteroatoms. The van der Waals surface area contributed by atoms with E-state index < -0.39 is 35.3 Å². The fraction of sp³-hybridized carbons (Fsp3) is 0.400. The van der Waals surface area contributed by atoms with Crippen molar-refractivity contribution < 1.29 is 22.7 Å². The molecule has 1 aromatic carbocycles. The average molecular weight is 715 g/mol. The molecule has 3 aliphatic heterocycles.